The summed E-state index contributed by atoms with van der Waals surface area (Å²) in [5.41, 5.74) is 2.79. The topological polar surface area (TPSA) is 95.2 Å². The van der Waals surface area contributed by atoms with Crippen LogP contribution >= 0.6 is 0 Å². The van der Waals surface area contributed by atoms with Gasteiger partial charge in [-0.2, -0.15) is 9.40 Å². The van der Waals surface area contributed by atoms with Gasteiger partial charge in [0.2, 0.25) is 15.9 Å². The molecule has 2 N–H and O–H groups in total. The molecule has 2 heterocycles. The second kappa shape index (κ2) is 6.03. The number of hydrogen-bond donors (Lipinski definition) is 2. The number of carbonyl (C=O) groups is 1. The number of benzene rings is 1. The standard InChI is InChI=1S/C16H20N4O3S/c1-10-15(11(2)19-18-10)24(22,23)20-9-13-7-5-4-6-12(13)8-14(20)16(21)17-3/h4-7,14H,8-9H2,1-3H3,(H,17,21)(H,18,19)/t14-/m1/s1. The first-order valence-electron chi connectivity index (χ1n) is 7.68. The highest BCUT2D eigenvalue weighted by Gasteiger charge is 2.41. The SMILES string of the molecule is CNC(=O)[C@H]1Cc2ccccc2CN1S(=O)(=O)c1c(C)n[nH]c1C. The van der Waals surface area contributed by atoms with Gasteiger partial charge in [0, 0.05) is 13.6 Å². The number of rotatable bonds is 3. The first kappa shape index (κ1) is 16.7. The number of likely N-dealkylation sites (N-methyl/N-ethyl adjacent to an activating group) is 1. The number of nitrogens with zero attached hydrogens (tertiary/aromatic N) is 2. The van der Waals surface area contributed by atoms with Gasteiger partial charge >= 0.3 is 0 Å². The van der Waals surface area contributed by atoms with Crippen molar-refractivity contribution in [3.05, 3.63) is 46.8 Å². The molecule has 0 aliphatic carbocycles. The van der Waals surface area contributed by atoms with Gasteiger partial charge in [0.25, 0.3) is 0 Å². The van der Waals surface area contributed by atoms with Crippen LogP contribution in [0.3, 0.4) is 0 Å². The highest BCUT2D eigenvalue weighted by Crippen LogP contribution is 2.31. The summed E-state index contributed by atoms with van der Waals surface area (Å²) < 4.78 is 27.7. The molecular formula is C16H20N4O3S. The summed E-state index contributed by atoms with van der Waals surface area (Å²) in [6, 6.07) is 6.83. The molecule has 1 aliphatic rings. The van der Waals surface area contributed by atoms with E-state index in [9.17, 15) is 13.2 Å². The van der Waals surface area contributed by atoms with Crippen molar-refractivity contribution in [3.8, 4) is 0 Å². The first-order valence-corrected chi connectivity index (χ1v) is 9.12. The van der Waals surface area contributed by atoms with Gasteiger partial charge in [0.05, 0.1) is 11.4 Å². The van der Waals surface area contributed by atoms with E-state index in [4.69, 9.17) is 0 Å². The number of H-pyrrole nitrogens is 1. The van der Waals surface area contributed by atoms with Crippen LogP contribution in [-0.4, -0.2) is 41.9 Å². The maximum Gasteiger partial charge on any atom is 0.247 e. The Morgan fingerprint density at radius 1 is 1.29 bits per heavy atom. The predicted molar refractivity (Wildman–Crippen MR) is 88.8 cm³/mol. The molecule has 0 saturated heterocycles. The summed E-state index contributed by atoms with van der Waals surface area (Å²) in [6.45, 7) is 3.48. The molecule has 1 amide bonds. The Kier molecular flexibility index (Phi) is 4.18. The lowest BCUT2D eigenvalue weighted by Gasteiger charge is -2.34. The third-order valence-electron chi connectivity index (χ3n) is 4.38. The van der Waals surface area contributed by atoms with Gasteiger partial charge in [-0.3, -0.25) is 9.89 Å². The van der Waals surface area contributed by atoms with Crippen LogP contribution in [0.15, 0.2) is 29.2 Å². The van der Waals surface area contributed by atoms with Crippen molar-refractivity contribution in [3.63, 3.8) is 0 Å². The largest absolute Gasteiger partial charge is 0.358 e. The fraction of sp³-hybridized carbons (Fsp3) is 0.375. The Bertz CT molecular complexity index is 869. The average molecular weight is 348 g/mol. The van der Waals surface area contributed by atoms with Crippen molar-refractivity contribution in [2.45, 2.75) is 37.8 Å². The number of aromatic nitrogens is 2. The van der Waals surface area contributed by atoms with Gasteiger partial charge in [0.15, 0.2) is 0 Å². The maximum absolute atomic E-state index is 13.2. The van der Waals surface area contributed by atoms with E-state index in [-0.39, 0.29) is 17.3 Å². The fourth-order valence-electron chi connectivity index (χ4n) is 3.18. The Morgan fingerprint density at radius 3 is 2.54 bits per heavy atom. The van der Waals surface area contributed by atoms with Gasteiger partial charge in [-0.15, -0.1) is 0 Å². The van der Waals surface area contributed by atoms with Gasteiger partial charge in [-0.05, 0) is 31.4 Å². The normalized spacial score (nSPS) is 18.2. The number of hydrogen-bond acceptors (Lipinski definition) is 4. The van der Waals surface area contributed by atoms with Crippen molar-refractivity contribution in [2.24, 2.45) is 0 Å². The number of sulfonamides is 1. The van der Waals surface area contributed by atoms with E-state index in [1.54, 1.807) is 13.8 Å². The van der Waals surface area contributed by atoms with Crippen LogP contribution in [0, 0.1) is 13.8 Å². The molecule has 0 radical (unpaired) electrons. The Morgan fingerprint density at radius 2 is 1.96 bits per heavy atom. The Hall–Kier alpha value is -2.19. The molecule has 24 heavy (non-hydrogen) atoms. The molecular weight excluding hydrogens is 328 g/mol. The highest BCUT2D eigenvalue weighted by atomic mass is 32.2. The summed E-state index contributed by atoms with van der Waals surface area (Å²) in [5, 5.41) is 9.26. The molecule has 0 bridgehead atoms. The minimum Gasteiger partial charge on any atom is -0.358 e. The third kappa shape index (κ3) is 2.61. The monoisotopic (exact) mass is 348 g/mol. The molecule has 1 aromatic carbocycles. The summed E-state index contributed by atoms with van der Waals surface area (Å²) in [4.78, 5) is 12.5. The number of aryl methyl sites for hydroxylation is 2. The molecule has 1 aromatic heterocycles. The quantitative estimate of drug-likeness (QED) is 0.861. The molecule has 1 atom stereocenters. The average Bonchev–Trinajstić information content (AvgIpc) is 2.92. The van der Waals surface area contributed by atoms with E-state index in [1.165, 1.54) is 11.4 Å². The molecule has 1 aliphatic heterocycles. The predicted octanol–water partition coefficient (Wildman–Crippen LogP) is 0.888. The molecule has 0 unspecified atom stereocenters. The van der Waals surface area contributed by atoms with Crippen molar-refractivity contribution in [1.29, 1.82) is 0 Å². The van der Waals surface area contributed by atoms with Crippen LogP contribution in [0.2, 0.25) is 0 Å². The lowest BCUT2D eigenvalue weighted by molar-refractivity contribution is -0.124. The molecule has 128 valence electrons. The minimum absolute atomic E-state index is 0.149. The number of fused-ring (bicyclic) bond motifs is 1. The number of nitrogens with one attached hydrogen (secondary N) is 2. The Balaban J connectivity index is 2.11. The summed E-state index contributed by atoms with van der Waals surface area (Å²) >= 11 is 0. The van der Waals surface area contributed by atoms with E-state index in [2.05, 4.69) is 15.5 Å². The molecule has 7 nitrogen and oxygen atoms in total. The van der Waals surface area contributed by atoms with E-state index < -0.39 is 16.1 Å². The van der Waals surface area contributed by atoms with Crippen molar-refractivity contribution in [2.75, 3.05) is 7.05 Å². The van der Waals surface area contributed by atoms with Crippen LogP contribution < -0.4 is 5.32 Å². The van der Waals surface area contributed by atoms with Crippen LogP contribution in [0.1, 0.15) is 22.5 Å². The highest BCUT2D eigenvalue weighted by molar-refractivity contribution is 7.89. The van der Waals surface area contributed by atoms with Crippen LogP contribution in [0.25, 0.3) is 0 Å². The zero-order valence-corrected chi connectivity index (χ0v) is 14.6. The third-order valence-corrected chi connectivity index (χ3v) is 6.50. The summed E-state index contributed by atoms with van der Waals surface area (Å²) in [5.74, 6) is -0.313. The first-order chi connectivity index (χ1) is 11.4. The van der Waals surface area contributed by atoms with E-state index >= 15 is 0 Å². The Labute approximate surface area is 141 Å². The zero-order valence-electron chi connectivity index (χ0n) is 13.8. The summed E-state index contributed by atoms with van der Waals surface area (Å²) in [7, 11) is -2.33. The van der Waals surface area contributed by atoms with Crippen molar-refractivity contribution < 1.29 is 13.2 Å². The lowest BCUT2D eigenvalue weighted by atomic mass is 9.95. The van der Waals surface area contributed by atoms with Gasteiger partial charge in [-0.25, -0.2) is 8.42 Å². The summed E-state index contributed by atoms with van der Waals surface area (Å²) in [6.07, 6.45) is 0.352. The van der Waals surface area contributed by atoms with E-state index in [0.29, 0.717) is 17.8 Å². The van der Waals surface area contributed by atoms with Crippen molar-refractivity contribution >= 4 is 15.9 Å². The van der Waals surface area contributed by atoms with Crippen LogP contribution in [0.4, 0.5) is 0 Å². The number of amides is 1. The smallest absolute Gasteiger partial charge is 0.247 e. The number of aromatic amines is 1. The van der Waals surface area contributed by atoms with Gasteiger partial charge in [0.1, 0.15) is 10.9 Å². The lowest BCUT2D eigenvalue weighted by Crippen LogP contribution is -2.51. The molecule has 0 saturated carbocycles. The van der Waals surface area contributed by atoms with E-state index in [0.717, 1.165) is 11.1 Å². The van der Waals surface area contributed by atoms with Crippen LogP contribution in [0.5, 0.6) is 0 Å². The minimum atomic E-state index is -3.85. The van der Waals surface area contributed by atoms with Gasteiger partial charge < -0.3 is 5.32 Å². The molecule has 3 rings (SSSR count). The second-order valence-electron chi connectivity index (χ2n) is 5.92. The molecule has 0 spiro atoms. The molecule has 8 heteroatoms. The zero-order chi connectivity index (χ0) is 17.5. The second-order valence-corrected chi connectivity index (χ2v) is 7.74. The van der Waals surface area contributed by atoms with Gasteiger partial charge in [-0.1, -0.05) is 24.3 Å². The van der Waals surface area contributed by atoms with Crippen molar-refractivity contribution in [1.82, 2.24) is 19.8 Å². The fourth-order valence-corrected chi connectivity index (χ4v) is 5.08. The molecule has 2 aromatic rings. The van der Waals surface area contributed by atoms with Crippen LogP contribution in [-0.2, 0) is 27.8 Å². The maximum atomic E-state index is 13.2. The number of carbonyl (C=O) groups excluding carboxylic acids is 1. The van der Waals surface area contributed by atoms with E-state index in [1.807, 2.05) is 24.3 Å². The molecule has 0 fully saturated rings.